The number of aromatic carboxylic acids is 1. The highest BCUT2D eigenvalue weighted by Gasteiger charge is 2.24. The quantitative estimate of drug-likeness (QED) is 0.427. The van der Waals surface area contributed by atoms with Gasteiger partial charge in [-0.25, -0.2) is 9.78 Å². The van der Waals surface area contributed by atoms with Crippen LogP contribution in [-0.2, 0) is 13.0 Å². The second kappa shape index (κ2) is 7.98. The zero-order valence-corrected chi connectivity index (χ0v) is 18.1. The number of hydrogen-bond donors (Lipinski definition) is 3. The van der Waals surface area contributed by atoms with Crippen LogP contribution in [0.1, 0.15) is 21.5 Å². The van der Waals surface area contributed by atoms with E-state index in [1.807, 2.05) is 36.4 Å². The second-order valence-electron chi connectivity index (χ2n) is 8.00. The van der Waals surface area contributed by atoms with Gasteiger partial charge in [0.15, 0.2) is 0 Å². The molecule has 0 radical (unpaired) electrons. The van der Waals surface area contributed by atoms with Crippen LogP contribution in [0.25, 0.3) is 21.9 Å². The first-order valence-electron chi connectivity index (χ1n) is 10.5. The van der Waals surface area contributed by atoms with Crippen LogP contribution in [0.2, 0.25) is 0 Å². The maximum Gasteiger partial charge on any atom is 0.336 e. The normalized spacial score (nSPS) is 12.7. The van der Waals surface area contributed by atoms with E-state index in [1.165, 1.54) is 5.56 Å². The molecule has 0 atom stereocenters. The number of anilines is 3. The van der Waals surface area contributed by atoms with E-state index in [1.54, 1.807) is 19.4 Å². The van der Waals surface area contributed by atoms with E-state index in [2.05, 4.69) is 20.9 Å². The Labute approximate surface area is 190 Å². The largest absolute Gasteiger partial charge is 0.496 e. The maximum absolute atomic E-state index is 11.7. The highest BCUT2D eigenvalue weighted by Crippen LogP contribution is 2.42. The van der Waals surface area contributed by atoms with Crippen molar-refractivity contribution in [3.05, 3.63) is 71.4 Å². The smallest absolute Gasteiger partial charge is 0.336 e. The number of fused-ring (bicyclic) bond motifs is 2. The van der Waals surface area contributed by atoms with Gasteiger partial charge in [0, 0.05) is 42.2 Å². The minimum Gasteiger partial charge on any atom is -0.496 e. The van der Waals surface area contributed by atoms with E-state index in [4.69, 9.17) is 16.2 Å². The van der Waals surface area contributed by atoms with Crippen molar-refractivity contribution in [1.29, 1.82) is 0 Å². The molecule has 0 saturated heterocycles. The number of nitrogens with zero attached hydrogens (tertiary/aromatic N) is 3. The third kappa shape index (κ3) is 3.55. The van der Waals surface area contributed by atoms with Crippen LogP contribution in [0.15, 0.2) is 54.7 Å². The second-order valence-corrected chi connectivity index (χ2v) is 8.00. The molecule has 3 aromatic carbocycles. The number of nitrogen functional groups attached to an aromatic ring is 2. The molecule has 0 fully saturated rings. The first-order chi connectivity index (χ1) is 16.0. The van der Waals surface area contributed by atoms with Crippen molar-refractivity contribution in [2.24, 2.45) is 0 Å². The van der Waals surface area contributed by atoms with Crippen LogP contribution >= 0.6 is 0 Å². The molecule has 4 aromatic rings. The molecular weight excluding hydrogens is 418 g/mol. The number of carbonyl (C=O) groups is 1. The lowest BCUT2D eigenvalue weighted by molar-refractivity contribution is 0.0699. The summed E-state index contributed by atoms with van der Waals surface area (Å²) in [7, 11) is 1.64. The van der Waals surface area contributed by atoms with E-state index in [-0.39, 0.29) is 11.5 Å². The molecule has 2 heterocycles. The number of benzene rings is 3. The average Bonchev–Trinajstić information content (AvgIpc) is 3.20. The van der Waals surface area contributed by atoms with Gasteiger partial charge in [-0.3, -0.25) is 0 Å². The summed E-state index contributed by atoms with van der Waals surface area (Å²) in [5.74, 6) is 0.311. The Bertz CT molecular complexity index is 1400. The van der Waals surface area contributed by atoms with E-state index in [0.29, 0.717) is 17.7 Å². The van der Waals surface area contributed by atoms with Crippen molar-refractivity contribution in [3.8, 4) is 16.9 Å². The number of nitrogens with two attached hydrogens (primary N) is 2. The Morgan fingerprint density at radius 1 is 1.12 bits per heavy atom. The van der Waals surface area contributed by atoms with Gasteiger partial charge in [0.05, 0.1) is 12.7 Å². The summed E-state index contributed by atoms with van der Waals surface area (Å²) >= 11 is 0. The number of carboxylic acid groups (broad SMARTS) is 1. The number of hydrogen-bond acceptors (Lipinski definition) is 7. The number of methoxy groups -OCH3 is 1. The molecule has 1 aromatic heterocycles. The van der Waals surface area contributed by atoms with E-state index < -0.39 is 5.97 Å². The monoisotopic (exact) mass is 441 g/mol. The SMILES string of the molecule is COc1cc2c(cc1-c1ccc(C(=O)O)c3ccccc13)CCN2Cc1cnc(N)nc1N. The summed E-state index contributed by atoms with van der Waals surface area (Å²) in [6.45, 7) is 1.39. The fraction of sp³-hybridized carbons (Fsp3) is 0.160. The molecule has 166 valence electrons. The number of carboxylic acids is 1. The van der Waals surface area contributed by atoms with Crippen LogP contribution in [-0.4, -0.2) is 34.7 Å². The molecule has 0 bridgehead atoms. The Morgan fingerprint density at radius 3 is 2.64 bits per heavy atom. The number of ether oxygens (including phenoxy) is 1. The highest BCUT2D eigenvalue weighted by molar-refractivity contribution is 6.09. The maximum atomic E-state index is 11.7. The van der Waals surface area contributed by atoms with Gasteiger partial charge >= 0.3 is 5.97 Å². The molecule has 1 aliphatic rings. The van der Waals surface area contributed by atoms with Crippen LogP contribution in [0.5, 0.6) is 5.75 Å². The predicted molar refractivity (Wildman–Crippen MR) is 129 cm³/mol. The van der Waals surface area contributed by atoms with Crippen molar-refractivity contribution >= 4 is 34.2 Å². The minimum atomic E-state index is -0.944. The predicted octanol–water partition coefficient (Wildman–Crippen LogP) is 3.73. The van der Waals surface area contributed by atoms with Crippen LogP contribution in [0.3, 0.4) is 0 Å². The van der Waals surface area contributed by atoms with Gasteiger partial charge < -0.3 is 26.2 Å². The van der Waals surface area contributed by atoms with Crippen molar-refractivity contribution < 1.29 is 14.6 Å². The van der Waals surface area contributed by atoms with Gasteiger partial charge in [-0.15, -0.1) is 0 Å². The lowest BCUT2D eigenvalue weighted by Gasteiger charge is -2.21. The summed E-state index contributed by atoms with van der Waals surface area (Å²) in [5.41, 5.74) is 16.9. The molecule has 0 unspecified atom stereocenters. The first-order valence-corrected chi connectivity index (χ1v) is 10.5. The van der Waals surface area contributed by atoms with Gasteiger partial charge in [0.25, 0.3) is 0 Å². The van der Waals surface area contributed by atoms with Gasteiger partial charge in [0.2, 0.25) is 5.95 Å². The van der Waals surface area contributed by atoms with Gasteiger partial charge in [-0.05, 0) is 40.5 Å². The Balaban J connectivity index is 1.59. The zero-order valence-electron chi connectivity index (χ0n) is 18.1. The van der Waals surface area contributed by atoms with Crippen molar-refractivity contribution in [2.45, 2.75) is 13.0 Å². The van der Waals surface area contributed by atoms with Crippen LogP contribution < -0.4 is 21.1 Å². The minimum absolute atomic E-state index is 0.158. The molecular formula is C25H23N5O3. The van der Waals surface area contributed by atoms with E-state index in [9.17, 15) is 9.90 Å². The summed E-state index contributed by atoms with van der Waals surface area (Å²) in [6, 6.07) is 15.2. The van der Waals surface area contributed by atoms with Crippen LogP contribution in [0.4, 0.5) is 17.5 Å². The van der Waals surface area contributed by atoms with Crippen LogP contribution in [0, 0.1) is 0 Å². The molecule has 0 aliphatic carbocycles. The lowest BCUT2D eigenvalue weighted by atomic mass is 9.93. The Hall–Kier alpha value is -4.33. The topological polar surface area (TPSA) is 128 Å². The van der Waals surface area contributed by atoms with Gasteiger partial charge in [0.1, 0.15) is 11.6 Å². The summed E-state index contributed by atoms with van der Waals surface area (Å²) in [6.07, 6.45) is 2.53. The Kier molecular flexibility index (Phi) is 4.97. The number of aromatic nitrogens is 2. The molecule has 0 spiro atoms. The summed E-state index contributed by atoms with van der Waals surface area (Å²) in [4.78, 5) is 22.1. The highest BCUT2D eigenvalue weighted by atomic mass is 16.5. The molecule has 1 aliphatic heterocycles. The van der Waals surface area contributed by atoms with Gasteiger partial charge in [-0.1, -0.05) is 30.3 Å². The molecule has 8 nitrogen and oxygen atoms in total. The van der Waals surface area contributed by atoms with Crippen molar-refractivity contribution in [2.75, 3.05) is 30.0 Å². The number of rotatable bonds is 5. The fourth-order valence-electron chi connectivity index (χ4n) is 4.51. The van der Waals surface area contributed by atoms with E-state index >= 15 is 0 Å². The lowest BCUT2D eigenvalue weighted by Crippen LogP contribution is -2.21. The first kappa shape index (κ1) is 20.6. The van der Waals surface area contributed by atoms with Gasteiger partial charge in [-0.2, -0.15) is 4.98 Å². The van der Waals surface area contributed by atoms with Crippen molar-refractivity contribution in [3.63, 3.8) is 0 Å². The zero-order chi connectivity index (χ0) is 23.1. The summed E-state index contributed by atoms with van der Waals surface area (Å²) < 4.78 is 5.78. The average molecular weight is 441 g/mol. The fourth-order valence-corrected chi connectivity index (χ4v) is 4.51. The Morgan fingerprint density at radius 2 is 1.91 bits per heavy atom. The molecule has 8 heteroatoms. The summed E-state index contributed by atoms with van der Waals surface area (Å²) in [5, 5.41) is 11.2. The molecule has 5 N–H and O–H groups in total. The third-order valence-corrected chi connectivity index (χ3v) is 6.12. The van der Waals surface area contributed by atoms with E-state index in [0.717, 1.165) is 46.5 Å². The molecule has 0 saturated carbocycles. The molecule has 33 heavy (non-hydrogen) atoms. The standard InChI is InChI=1S/C25H23N5O3/c1-33-22-11-21-14(8-9-30(21)13-15-12-28-25(27)29-23(15)26)10-20(22)18-6-7-19(24(31)32)17-5-3-2-4-16(17)18/h2-7,10-12H,8-9,13H2,1H3,(H,31,32)(H4,26,27,28,29). The molecule has 5 rings (SSSR count). The molecule has 0 amide bonds. The third-order valence-electron chi connectivity index (χ3n) is 6.12. The van der Waals surface area contributed by atoms with Crippen molar-refractivity contribution in [1.82, 2.24) is 9.97 Å².